The standard InChI is InChI=1S/C21H24ClN3O.ClH/c1-16-6-5-9-20(17(16)2)24-12-14-25(15-13-24)21(26)23-11-10-18-7-3-4-8-19(18)22;/h3-11H,12-15H2,1-2H3,(H,23,26);1H/b11-10+;. The molecule has 3 rings (SSSR count). The second-order valence-electron chi connectivity index (χ2n) is 6.50. The van der Waals surface area contributed by atoms with Gasteiger partial charge in [-0.05, 0) is 48.7 Å². The van der Waals surface area contributed by atoms with Gasteiger partial charge in [-0.3, -0.25) is 0 Å². The quantitative estimate of drug-likeness (QED) is 0.789. The fourth-order valence-corrected chi connectivity index (χ4v) is 3.33. The van der Waals surface area contributed by atoms with E-state index >= 15 is 0 Å². The van der Waals surface area contributed by atoms with Gasteiger partial charge in [0.25, 0.3) is 0 Å². The first-order valence-electron chi connectivity index (χ1n) is 8.84. The number of rotatable bonds is 3. The Labute approximate surface area is 172 Å². The molecule has 2 amide bonds. The van der Waals surface area contributed by atoms with Gasteiger partial charge < -0.3 is 15.1 Å². The number of carbonyl (C=O) groups is 1. The number of benzene rings is 2. The molecule has 0 saturated carbocycles. The van der Waals surface area contributed by atoms with Crippen LogP contribution in [0.25, 0.3) is 6.08 Å². The molecule has 1 aliphatic heterocycles. The van der Waals surface area contributed by atoms with Crippen LogP contribution < -0.4 is 10.2 Å². The summed E-state index contributed by atoms with van der Waals surface area (Å²) in [6.45, 7) is 7.38. The number of aryl methyl sites for hydroxylation is 1. The first-order valence-corrected chi connectivity index (χ1v) is 9.22. The van der Waals surface area contributed by atoms with E-state index in [9.17, 15) is 4.79 Å². The van der Waals surface area contributed by atoms with Gasteiger partial charge in [0.2, 0.25) is 0 Å². The average molecular weight is 406 g/mol. The topological polar surface area (TPSA) is 35.6 Å². The molecule has 0 aromatic heterocycles. The maximum Gasteiger partial charge on any atom is 0.321 e. The lowest BCUT2D eigenvalue weighted by molar-refractivity contribution is 0.198. The summed E-state index contributed by atoms with van der Waals surface area (Å²) in [6.07, 6.45) is 3.47. The van der Waals surface area contributed by atoms with Crippen LogP contribution >= 0.6 is 24.0 Å². The Hall–Kier alpha value is -2.17. The Bertz CT molecular complexity index is 815. The molecule has 0 atom stereocenters. The fourth-order valence-electron chi connectivity index (χ4n) is 3.13. The van der Waals surface area contributed by atoms with Crippen LogP contribution in [0.5, 0.6) is 0 Å². The van der Waals surface area contributed by atoms with Crippen LogP contribution in [0.15, 0.2) is 48.7 Å². The van der Waals surface area contributed by atoms with Crippen molar-refractivity contribution in [3.8, 4) is 0 Å². The molecule has 0 unspecified atom stereocenters. The van der Waals surface area contributed by atoms with E-state index in [4.69, 9.17) is 11.6 Å². The first-order chi connectivity index (χ1) is 12.6. The molecule has 0 radical (unpaired) electrons. The molecule has 2 aromatic carbocycles. The predicted molar refractivity (Wildman–Crippen MR) is 116 cm³/mol. The van der Waals surface area contributed by atoms with Gasteiger partial charge in [-0.15, -0.1) is 12.4 Å². The molecule has 0 bridgehead atoms. The number of nitrogens with one attached hydrogen (secondary N) is 1. The molecule has 6 heteroatoms. The Morgan fingerprint density at radius 1 is 1.04 bits per heavy atom. The lowest BCUT2D eigenvalue weighted by atomic mass is 10.1. The molecule has 144 valence electrons. The minimum atomic E-state index is -0.0751. The Morgan fingerprint density at radius 2 is 1.74 bits per heavy atom. The molecule has 2 aromatic rings. The van der Waals surface area contributed by atoms with Gasteiger partial charge in [0, 0.05) is 43.1 Å². The minimum Gasteiger partial charge on any atom is -0.368 e. The summed E-state index contributed by atoms with van der Waals surface area (Å²) in [4.78, 5) is 16.5. The van der Waals surface area contributed by atoms with Crippen LogP contribution in [0, 0.1) is 13.8 Å². The third-order valence-corrected chi connectivity index (χ3v) is 5.20. The second-order valence-corrected chi connectivity index (χ2v) is 6.90. The normalized spacial score (nSPS) is 14.2. The molecule has 1 heterocycles. The van der Waals surface area contributed by atoms with Gasteiger partial charge in [-0.1, -0.05) is 41.9 Å². The molecule has 4 nitrogen and oxygen atoms in total. The van der Waals surface area contributed by atoms with Crippen molar-refractivity contribution in [2.75, 3.05) is 31.1 Å². The zero-order valence-electron chi connectivity index (χ0n) is 15.6. The van der Waals surface area contributed by atoms with Crippen LogP contribution in [0.4, 0.5) is 10.5 Å². The number of piperazine rings is 1. The summed E-state index contributed by atoms with van der Waals surface area (Å²) < 4.78 is 0. The second kappa shape index (κ2) is 9.67. The molecular formula is C21H25Cl2N3O. The number of hydrogen-bond acceptors (Lipinski definition) is 2. The number of amides is 2. The minimum absolute atomic E-state index is 0. The molecule has 1 aliphatic rings. The van der Waals surface area contributed by atoms with Gasteiger partial charge in [0.15, 0.2) is 0 Å². The largest absolute Gasteiger partial charge is 0.368 e. The number of hydrogen-bond donors (Lipinski definition) is 1. The van der Waals surface area contributed by atoms with E-state index in [0.717, 1.165) is 18.7 Å². The number of urea groups is 1. The number of anilines is 1. The number of nitrogens with zero attached hydrogens (tertiary/aromatic N) is 2. The van der Waals surface area contributed by atoms with Gasteiger partial charge in [-0.2, -0.15) is 0 Å². The highest BCUT2D eigenvalue weighted by atomic mass is 35.5. The van der Waals surface area contributed by atoms with Gasteiger partial charge in [0.1, 0.15) is 0 Å². The van der Waals surface area contributed by atoms with Crippen molar-refractivity contribution in [3.05, 3.63) is 70.4 Å². The van der Waals surface area contributed by atoms with Crippen molar-refractivity contribution in [2.45, 2.75) is 13.8 Å². The lowest BCUT2D eigenvalue weighted by Gasteiger charge is -2.36. The Morgan fingerprint density at radius 3 is 2.44 bits per heavy atom. The summed E-state index contributed by atoms with van der Waals surface area (Å²) in [6, 6.07) is 13.8. The first kappa shape index (κ1) is 21.1. The van der Waals surface area contributed by atoms with E-state index < -0.39 is 0 Å². The van der Waals surface area contributed by atoms with Crippen molar-refractivity contribution in [3.63, 3.8) is 0 Å². The van der Waals surface area contributed by atoms with Crippen LogP contribution in [0.1, 0.15) is 16.7 Å². The van der Waals surface area contributed by atoms with Crippen LogP contribution in [0.3, 0.4) is 0 Å². The van der Waals surface area contributed by atoms with E-state index in [1.807, 2.05) is 35.2 Å². The Balaban J connectivity index is 0.00000261. The van der Waals surface area contributed by atoms with Crippen LogP contribution in [-0.2, 0) is 0 Å². The van der Waals surface area contributed by atoms with Gasteiger partial charge >= 0.3 is 6.03 Å². The molecule has 27 heavy (non-hydrogen) atoms. The van der Waals surface area contributed by atoms with Crippen molar-refractivity contribution < 1.29 is 4.79 Å². The Kier molecular flexibility index (Phi) is 7.57. The summed E-state index contributed by atoms with van der Waals surface area (Å²) in [5.41, 5.74) is 4.76. The van der Waals surface area contributed by atoms with Crippen molar-refractivity contribution >= 4 is 41.8 Å². The molecule has 0 aliphatic carbocycles. The maximum atomic E-state index is 12.3. The van der Waals surface area contributed by atoms with Crippen molar-refractivity contribution in [1.29, 1.82) is 0 Å². The third kappa shape index (κ3) is 5.18. The number of halogens is 2. The molecule has 1 N–H and O–H groups in total. The maximum absolute atomic E-state index is 12.3. The van der Waals surface area contributed by atoms with E-state index in [-0.39, 0.29) is 18.4 Å². The van der Waals surface area contributed by atoms with E-state index in [0.29, 0.717) is 18.1 Å². The smallest absolute Gasteiger partial charge is 0.321 e. The van der Waals surface area contributed by atoms with Crippen LogP contribution in [0.2, 0.25) is 5.02 Å². The van der Waals surface area contributed by atoms with Crippen molar-refractivity contribution in [1.82, 2.24) is 10.2 Å². The molecule has 0 spiro atoms. The molecule has 1 fully saturated rings. The molecular weight excluding hydrogens is 381 g/mol. The van der Waals surface area contributed by atoms with Crippen LogP contribution in [-0.4, -0.2) is 37.1 Å². The van der Waals surface area contributed by atoms with Gasteiger partial charge in [0.05, 0.1) is 0 Å². The third-order valence-electron chi connectivity index (χ3n) is 4.86. The lowest BCUT2D eigenvalue weighted by Crippen LogP contribution is -2.51. The number of carbonyl (C=O) groups excluding carboxylic acids is 1. The predicted octanol–water partition coefficient (Wildman–Crippen LogP) is 4.88. The summed E-state index contributed by atoms with van der Waals surface area (Å²) in [5, 5.41) is 3.50. The summed E-state index contributed by atoms with van der Waals surface area (Å²) in [5.74, 6) is 0. The zero-order valence-corrected chi connectivity index (χ0v) is 17.2. The highest BCUT2D eigenvalue weighted by Crippen LogP contribution is 2.23. The average Bonchev–Trinajstić information content (AvgIpc) is 2.65. The van der Waals surface area contributed by atoms with Gasteiger partial charge in [-0.25, -0.2) is 4.79 Å². The molecule has 1 saturated heterocycles. The summed E-state index contributed by atoms with van der Waals surface area (Å²) in [7, 11) is 0. The fraction of sp³-hybridized carbons (Fsp3) is 0.286. The van der Waals surface area contributed by atoms with E-state index in [1.54, 1.807) is 6.20 Å². The van der Waals surface area contributed by atoms with E-state index in [1.165, 1.54) is 16.8 Å². The summed E-state index contributed by atoms with van der Waals surface area (Å²) >= 11 is 6.11. The van der Waals surface area contributed by atoms with E-state index in [2.05, 4.69) is 42.3 Å². The zero-order chi connectivity index (χ0) is 18.5. The highest BCUT2D eigenvalue weighted by Gasteiger charge is 2.21. The highest BCUT2D eigenvalue weighted by molar-refractivity contribution is 6.32. The SMILES string of the molecule is Cc1cccc(N2CCN(C(=O)N/C=C/c3ccccc3Cl)CC2)c1C.Cl. The van der Waals surface area contributed by atoms with Crippen molar-refractivity contribution in [2.24, 2.45) is 0 Å². The monoisotopic (exact) mass is 405 g/mol.